The van der Waals surface area contributed by atoms with Gasteiger partial charge in [-0.05, 0) is 11.6 Å². The maximum atomic E-state index is 11.4. The molecule has 0 fully saturated rings. The number of amides is 1. The van der Waals surface area contributed by atoms with Gasteiger partial charge in [-0.2, -0.15) is 5.10 Å². The zero-order valence-electron chi connectivity index (χ0n) is 14.8. The van der Waals surface area contributed by atoms with Gasteiger partial charge in [0.2, 0.25) is 5.91 Å². The average molecular weight is 342 g/mol. The maximum absolute atomic E-state index is 11.4. The van der Waals surface area contributed by atoms with Crippen LogP contribution in [-0.2, 0) is 35.8 Å². The molecule has 1 aromatic heterocycles. The van der Waals surface area contributed by atoms with Crippen LogP contribution >= 0.6 is 0 Å². The number of ether oxygens (including phenoxy) is 1. The molecule has 0 spiro atoms. The zero-order chi connectivity index (χ0) is 17.5. The van der Waals surface area contributed by atoms with Crippen molar-refractivity contribution in [2.45, 2.75) is 39.6 Å². The molecular weight excluding hydrogens is 316 g/mol. The minimum atomic E-state index is 0.0585. The van der Waals surface area contributed by atoms with Crippen molar-refractivity contribution in [1.29, 1.82) is 0 Å². The molecule has 2 aromatic rings. The summed E-state index contributed by atoms with van der Waals surface area (Å²) in [4.78, 5) is 13.7. The number of nitrogens with zero attached hydrogens (tertiary/aromatic N) is 3. The van der Waals surface area contributed by atoms with E-state index in [1.54, 1.807) is 0 Å². The first kappa shape index (κ1) is 17.6. The molecule has 25 heavy (non-hydrogen) atoms. The highest BCUT2D eigenvalue weighted by molar-refractivity contribution is 5.75. The summed E-state index contributed by atoms with van der Waals surface area (Å²) in [6.07, 6.45) is 0.504. The first-order valence-corrected chi connectivity index (χ1v) is 8.91. The second kappa shape index (κ2) is 8.78. The molecule has 0 bridgehead atoms. The Morgan fingerprint density at radius 3 is 2.92 bits per heavy atom. The van der Waals surface area contributed by atoms with Crippen molar-refractivity contribution in [2.75, 3.05) is 19.7 Å². The molecule has 0 saturated heterocycles. The number of rotatable bonds is 8. The Balaban J connectivity index is 1.42. The Hall–Kier alpha value is -2.18. The van der Waals surface area contributed by atoms with E-state index in [9.17, 15) is 4.79 Å². The minimum Gasteiger partial charge on any atom is -0.375 e. The van der Waals surface area contributed by atoms with Gasteiger partial charge in [0.1, 0.15) is 0 Å². The van der Waals surface area contributed by atoms with Crippen LogP contribution in [-0.4, -0.2) is 40.3 Å². The molecule has 1 aliphatic rings. The highest BCUT2D eigenvalue weighted by atomic mass is 16.5. The number of carbonyl (C=O) groups is 1. The summed E-state index contributed by atoms with van der Waals surface area (Å²) >= 11 is 0. The molecule has 0 aliphatic carbocycles. The third-order valence-electron chi connectivity index (χ3n) is 4.38. The molecule has 1 N–H and O–H groups in total. The third kappa shape index (κ3) is 5.14. The van der Waals surface area contributed by atoms with E-state index in [1.807, 2.05) is 25.1 Å². The van der Waals surface area contributed by atoms with E-state index in [0.29, 0.717) is 19.6 Å². The summed E-state index contributed by atoms with van der Waals surface area (Å²) in [6, 6.07) is 12.3. The topological polar surface area (TPSA) is 59.4 Å². The van der Waals surface area contributed by atoms with Crippen LogP contribution in [0.4, 0.5) is 0 Å². The van der Waals surface area contributed by atoms with Crippen molar-refractivity contribution in [3.05, 3.63) is 53.3 Å². The summed E-state index contributed by atoms with van der Waals surface area (Å²) in [5.74, 6) is 0.0585. The van der Waals surface area contributed by atoms with Gasteiger partial charge >= 0.3 is 0 Å². The van der Waals surface area contributed by atoms with Crippen molar-refractivity contribution >= 4 is 5.91 Å². The minimum absolute atomic E-state index is 0.0585. The smallest absolute Gasteiger partial charge is 0.220 e. The number of benzene rings is 1. The SMILES string of the molecule is CCC(=O)NCc1cc2n(n1)CCN(CCOCc1ccccc1)C2. The van der Waals surface area contributed by atoms with Crippen LogP contribution in [0.1, 0.15) is 30.3 Å². The fourth-order valence-electron chi connectivity index (χ4n) is 2.93. The normalized spacial score (nSPS) is 14.3. The highest BCUT2D eigenvalue weighted by Gasteiger charge is 2.18. The molecule has 0 atom stereocenters. The van der Waals surface area contributed by atoms with Crippen LogP contribution in [0, 0.1) is 0 Å². The molecule has 0 saturated carbocycles. The summed E-state index contributed by atoms with van der Waals surface area (Å²) in [5.41, 5.74) is 3.34. The van der Waals surface area contributed by atoms with E-state index in [4.69, 9.17) is 4.74 Å². The van der Waals surface area contributed by atoms with Crippen LogP contribution in [0.5, 0.6) is 0 Å². The Bertz CT molecular complexity index is 684. The fraction of sp³-hybridized carbons (Fsp3) is 0.474. The van der Waals surface area contributed by atoms with Gasteiger partial charge in [0.05, 0.1) is 37.7 Å². The Labute approximate surface area is 148 Å². The van der Waals surface area contributed by atoms with Crippen molar-refractivity contribution in [2.24, 2.45) is 0 Å². The first-order valence-electron chi connectivity index (χ1n) is 8.91. The lowest BCUT2D eigenvalue weighted by Crippen LogP contribution is -2.36. The lowest BCUT2D eigenvalue weighted by atomic mass is 10.2. The third-order valence-corrected chi connectivity index (χ3v) is 4.38. The molecular formula is C19H26N4O2. The van der Waals surface area contributed by atoms with Crippen molar-refractivity contribution < 1.29 is 9.53 Å². The van der Waals surface area contributed by atoms with Gasteiger partial charge in [0.15, 0.2) is 0 Å². The zero-order valence-corrected chi connectivity index (χ0v) is 14.8. The van der Waals surface area contributed by atoms with Gasteiger partial charge in [-0.3, -0.25) is 14.4 Å². The molecule has 1 amide bonds. The monoisotopic (exact) mass is 342 g/mol. The quantitative estimate of drug-likeness (QED) is 0.745. The van der Waals surface area contributed by atoms with E-state index >= 15 is 0 Å². The van der Waals surface area contributed by atoms with Gasteiger partial charge in [0, 0.05) is 26.1 Å². The Morgan fingerprint density at radius 2 is 2.12 bits per heavy atom. The molecule has 2 heterocycles. The number of aromatic nitrogens is 2. The van der Waals surface area contributed by atoms with Crippen LogP contribution in [0.15, 0.2) is 36.4 Å². The molecule has 1 aromatic carbocycles. The van der Waals surface area contributed by atoms with Crippen molar-refractivity contribution in [1.82, 2.24) is 20.0 Å². The summed E-state index contributed by atoms with van der Waals surface area (Å²) in [7, 11) is 0. The van der Waals surface area contributed by atoms with Crippen molar-refractivity contribution in [3.8, 4) is 0 Å². The number of fused-ring (bicyclic) bond motifs is 1. The van der Waals surface area contributed by atoms with Gasteiger partial charge in [-0.15, -0.1) is 0 Å². The van der Waals surface area contributed by atoms with Gasteiger partial charge in [-0.25, -0.2) is 0 Å². The number of nitrogens with one attached hydrogen (secondary N) is 1. The van der Waals surface area contributed by atoms with E-state index < -0.39 is 0 Å². The molecule has 3 rings (SSSR count). The molecule has 6 heteroatoms. The molecule has 6 nitrogen and oxygen atoms in total. The van der Waals surface area contributed by atoms with E-state index in [0.717, 1.165) is 38.5 Å². The lowest BCUT2D eigenvalue weighted by Gasteiger charge is -2.27. The van der Waals surface area contributed by atoms with Crippen LogP contribution in [0.3, 0.4) is 0 Å². The first-order chi connectivity index (χ1) is 12.2. The maximum Gasteiger partial charge on any atom is 0.220 e. The van der Waals surface area contributed by atoms with Crippen molar-refractivity contribution in [3.63, 3.8) is 0 Å². The average Bonchev–Trinajstić information content (AvgIpc) is 3.06. The fourth-order valence-corrected chi connectivity index (χ4v) is 2.93. The van der Waals surface area contributed by atoms with Crippen LogP contribution in [0.25, 0.3) is 0 Å². The van der Waals surface area contributed by atoms with Gasteiger partial charge < -0.3 is 10.1 Å². The van der Waals surface area contributed by atoms with Gasteiger partial charge in [0.25, 0.3) is 0 Å². The lowest BCUT2D eigenvalue weighted by molar-refractivity contribution is -0.120. The van der Waals surface area contributed by atoms with E-state index in [1.165, 1.54) is 11.3 Å². The van der Waals surface area contributed by atoms with E-state index in [-0.39, 0.29) is 5.91 Å². The van der Waals surface area contributed by atoms with Gasteiger partial charge in [-0.1, -0.05) is 37.3 Å². The second-order valence-electron chi connectivity index (χ2n) is 6.29. The molecule has 134 valence electrons. The largest absolute Gasteiger partial charge is 0.375 e. The summed E-state index contributed by atoms with van der Waals surface area (Å²) in [5, 5.41) is 7.45. The predicted octanol–water partition coefficient (Wildman–Crippen LogP) is 1.94. The highest BCUT2D eigenvalue weighted by Crippen LogP contribution is 2.13. The summed E-state index contributed by atoms with van der Waals surface area (Å²) in [6.45, 7) is 7.40. The van der Waals surface area contributed by atoms with Crippen LogP contribution in [0.2, 0.25) is 0 Å². The van der Waals surface area contributed by atoms with Crippen LogP contribution < -0.4 is 5.32 Å². The Kier molecular flexibility index (Phi) is 6.19. The molecule has 1 aliphatic heterocycles. The second-order valence-corrected chi connectivity index (χ2v) is 6.29. The number of carbonyl (C=O) groups excluding carboxylic acids is 1. The Morgan fingerprint density at radius 1 is 1.28 bits per heavy atom. The molecule has 0 radical (unpaired) electrons. The van der Waals surface area contributed by atoms with E-state index in [2.05, 4.69) is 38.2 Å². The predicted molar refractivity (Wildman–Crippen MR) is 95.7 cm³/mol. The number of hydrogen-bond acceptors (Lipinski definition) is 4. The standard InChI is InChI=1S/C19H26N4O2/c1-2-19(24)20-13-17-12-18-14-22(8-9-23(18)21-17)10-11-25-15-16-6-4-3-5-7-16/h3-7,12H,2,8-11,13-15H2,1H3,(H,20,24). The number of hydrogen-bond donors (Lipinski definition) is 1. The molecule has 0 unspecified atom stereocenters. The summed E-state index contributed by atoms with van der Waals surface area (Å²) < 4.78 is 7.83.